The fourth-order valence-corrected chi connectivity index (χ4v) is 2.84. The summed E-state index contributed by atoms with van der Waals surface area (Å²) in [5, 5.41) is 14.3. The van der Waals surface area contributed by atoms with E-state index in [9.17, 15) is 18.0 Å². The number of hydrogen-bond acceptors (Lipinski definition) is 3. The second-order valence-corrected chi connectivity index (χ2v) is 6.23. The normalized spacial score (nSPS) is 13.0. The third-order valence-electron chi connectivity index (χ3n) is 4.31. The number of fused-ring (bicyclic) bond motifs is 1. The highest BCUT2D eigenvalue weighted by Crippen LogP contribution is 2.23. The second-order valence-electron chi connectivity index (χ2n) is 6.23. The van der Waals surface area contributed by atoms with Gasteiger partial charge < -0.3 is 10.0 Å². The molecule has 0 unspecified atom stereocenters. The molecule has 0 aliphatic carbocycles. The third kappa shape index (κ3) is 5.32. The van der Waals surface area contributed by atoms with E-state index in [1.807, 2.05) is 30.9 Å². The van der Waals surface area contributed by atoms with Gasteiger partial charge in [0.25, 0.3) is 0 Å². The Hall–Kier alpha value is -2.84. The number of nitrogens with zero attached hydrogens (tertiary/aromatic N) is 2. The Balaban J connectivity index is 0.000000321. The minimum absolute atomic E-state index is 0.223. The number of hydrogen-bond donors (Lipinski definition) is 2. The topological polar surface area (TPSA) is 86.3 Å². The maximum atomic E-state index is 12.3. The standard InChI is InChI=1S/C16H19N3O.C2HF3O2/c1-11-15(12(2)18-17-11)7-8-16(20)19-9-13-5-3-4-6-14(13)10-19;3-2(4,5)1(6)7/h3-6H,7-10H2,1-2H3,(H,17,18);(H,6,7). The number of rotatable bonds is 3. The number of aliphatic carboxylic acids is 1. The Labute approximate surface area is 154 Å². The first-order valence-corrected chi connectivity index (χ1v) is 8.24. The van der Waals surface area contributed by atoms with Gasteiger partial charge in [0.15, 0.2) is 0 Å². The molecular weight excluding hydrogens is 363 g/mol. The van der Waals surface area contributed by atoms with Crippen LogP contribution in [0.1, 0.15) is 34.5 Å². The van der Waals surface area contributed by atoms with Gasteiger partial charge in [-0.1, -0.05) is 24.3 Å². The zero-order valence-corrected chi connectivity index (χ0v) is 14.9. The van der Waals surface area contributed by atoms with E-state index in [4.69, 9.17) is 9.90 Å². The smallest absolute Gasteiger partial charge is 0.475 e. The van der Waals surface area contributed by atoms with Gasteiger partial charge in [-0.3, -0.25) is 9.89 Å². The number of H-pyrrole nitrogens is 1. The molecule has 1 amide bonds. The van der Waals surface area contributed by atoms with Crippen LogP contribution in [-0.2, 0) is 29.1 Å². The predicted molar refractivity (Wildman–Crippen MR) is 90.8 cm³/mol. The van der Waals surface area contributed by atoms with Crippen LogP contribution in [0.2, 0.25) is 0 Å². The van der Waals surface area contributed by atoms with Gasteiger partial charge in [0.05, 0.1) is 5.69 Å². The minimum atomic E-state index is -5.08. The van der Waals surface area contributed by atoms with Gasteiger partial charge in [0, 0.05) is 25.2 Å². The molecule has 0 saturated carbocycles. The molecule has 0 bridgehead atoms. The molecule has 9 heteroatoms. The SMILES string of the molecule is Cc1n[nH]c(C)c1CCC(=O)N1Cc2ccccc2C1.O=C(O)C(F)(F)F. The number of halogens is 3. The molecule has 0 radical (unpaired) electrons. The van der Waals surface area contributed by atoms with E-state index < -0.39 is 12.1 Å². The molecule has 27 heavy (non-hydrogen) atoms. The van der Waals surface area contributed by atoms with Crippen molar-refractivity contribution in [3.8, 4) is 0 Å². The van der Waals surface area contributed by atoms with Gasteiger partial charge in [-0.25, -0.2) is 4.79 Å². The predicted octanol–water partition coefficient (Wildman–Crippen LogP) is 3.13. The van der Waals surface area contributed by atoms with Crippen LogP contribution in [0.15, 0.2) is 24.3 Å². The molecule has 3 rings (SSSR count). The molecule has 2 aromatic rings. The van der Waals surface area contributed by atoms with Gasteiger partial charge in [0.2, 0.25) is 5.91 Å². The Morgan fingerprint density at radius 1 is 1.19 bits per heavy atom. The zero-order chi connectivity index (χ0) is 20.2. The van der Waals surface area contributed by atoms with E-state index in [2.05, 4.69) is 22.3 Å². The lowest BCUT2D eigenvalue weighted by Crippen LogP contribution is -2.25. The molecule has 1 aromatic carbocycles. The van der Waals surface area contributed by atoms with Crippen LogP contribution in [0, 0.1) is 13.8 Å². The number of aromatic amines is 1. The molecule has 0 atom stereocenters. The number of carboxylic acids is 1. The van der Waals surface area contributed by atoms with E-state index >= 15 is 0 Å². The van der Waals surface area contributed by atoms with E-state index in [-0.39, 0.29) is 5.91 Å². The summed E-state index contributed by atoms with van der Waals surface area (Å²) in [6, 6.07) is 8.27. The molecule has 2 heterocycles. The lowest BCUT2D eigenvalue weighted by molar-refractivity contribution is -0.192. The fraction of sp³-hybridized carbons (Fsp3) is 0.389. The van der Waals surface area contributed by atoms with Crippen molar-refractivity contribution in [3.05, 3.63) is 52.3 Å². The highest BCUT2D eigenvalue weighted by Gasteiger charge is 2.38. The third-order valence-corrected chi connectivity index (χ3v) is 4.31. The van der Waals surface area contributed by atoms with Gasteiger partial charge in [0.1, 0.15) is 0 Å². The van der Waals surface area contributed by atoms with E-state index in [0.29, 0.717) is 6.42 Å². The summed E-state index contributed by atoms with van der Waals surface area (Å²) < 4.78 is 31.7. The molecule has 0 saturated heterocycles. The van der Waals surface area contributed by atoms with Crippen molar-refractivity contribution in [1.29, 1.82) is 0 Å². The second kappa shape index (κ2) is 8.24. The van der Waals surface area contributed by atoms with Crippen molar-refractivity contribution < 1.29 is 27.9 Å². The number of carboxylic acid groups (broad SMARTS) is 1. The maximum absolute atomic E-state index is 12.3. The maximum Gasteiger partial charge on any atom is 0.490 e. The lowest BCUT2D eigenvalue weighted by Gasteiger charge is -2.15. The highest BCUT2D eigenvalue weighted by atomic mass is 19.4. The average molecular weight is 383 g/mol. The summed E-state index contributed by atoms with van der Waals surface area (Å²) in [6.07, 6.45) is -3.77. The molecule has 0 spiro atoms. The van der Waals surface area contributed by atoms with E-state index in [1.54, 1.807) is 0 Å². The van der Waals surface area contributed by atoms with Crippen LogP contribution < -0.4 is 0 Å². The van der Waals surface area contributed by atoms with Crippen molar-refractivity contribution >= 4 is 11.9 Å². The molecule has 2 N–H and O–H groups in total. The van der Waals surface area contributed by atoms with Crippen molar-refractivity contribution in [3.63, 3.8) is 0 Å². The van der Waals surface area contributed by atoms with Crippen LogP contribution in [0.4, 0.5) is 13.2 Å². The largest absolute Gasteiger partial charge is 0.490 e. The highest BCUT2D eigenvalue weighted by molar-refractivity contribution is 5.77. The molecule has 146 valence electrons. The van der Waals surface area contributed by atoms with Crippen LogP contribution in [-0.4, -0.2) is 38.3 Å². The molecule has 1 aromatic heterocycles. The molecular formula is C18H20F3N3O3. The lowest BCUT2D eigenvalue weighted by atomic mass is 10.1. The number of carbonyl (C=O) groups excluding carboxylic acids is 1. The van der Waals surface area contributed by atoms with Gasteiger partial charge >= 0.3 is 12.1 Å². The Morgan fingerprint density at radius 2 is 1.70 bits per heavy atom. The van der Waals surface area contributed by atoms with Crippen molar-refractivity contribution in [2.45, 2.75) is 46.0 Å². The Kier molecular flexibility index (Phi) is 6.24. The zero-order valence-electron chi connectivity index (χ0n) is 14.9. The van der Waals surface area contributed by atoms with Crippen molar-refractivity contribution in [2.75, 3.05) is 0 Å². The first-order valence-electron chi connectivity index (χ1n) is 8.24. The minimum Gasteiger partial charge on any atom is -0.475 e. The fourth-order valence-electron chi connectivity index (χ4n) is 2.84. The van der Waals surface area contributed by atoms with Crippen molar-refractivity contribution in [1.82, 2.24) is 15.1 Å². The van der Waals surface area contributed by atoms with Crippen molar-refractivity contribution in [2.24, 2.45) is 0 Å². The van der Waals surface area contributed by atoms with E-state index in [1.165, 1.54) is 16.7 Å². The van der Waals surface area contributed by atoms with Crippen LogP contribution in [0.25, 0.3) is 0 Å². The molecule has 0 fully saturated rings. The first-order chi connectivity index (χ1) is 12.6. The Bertz CT molecular complexity index is 786. The number of aryl methyl sites for hydroxylation is 2. The summed E-state index contributed by atoms with van der Waals surface area (Å²) in [6.45, 7) is 5.48. The number of amides is 1. The Morgan fingerprint density at radius 3 is 2.11 bits per heavy atom. The number of benzene rings is 1. The quantitative estimate of drug-likeness (QED) is 0.853. The first kappa shape index (κ1) is 20.5. The monoisotopic (exact) mass is 383 g/mol. The van der Waals surface area contributed by atoms with Crippen LogP contribution in [0.5, 0.6) is 0 Å². The van der Waals surface area contributed by atoms with Crippen LogP contribution >= 0.6 is 0 Å². The van der Waals surface area contributed by atoms with Gasteiger partial charge in [-0.15, -0.1) is 0 Å². The number of carbonyl (C=O) groups is 2. The molecule has 6 nitrogen and oxygen atoms in total. The van der Waals surface area contributed by atoms with E-state index in [0.717, 1.165) is 30.9 Å². The number of nitrogens with one attached hydrogen (secondary N) is 1. The number of alkyl halides is 3. The average Bonchev–Trinajstić information content (AvgIpc) is 3.16. The van der Waals surface area contributed by atoms with Gasteiger partial charge in [-0.05, 0) is 37.0 Å². The summed E-state index contributed by atoms with van der Waals surface area (Å²) in [5.41, 5.74) is 5.79. The summed E-state index contributed by atoms with van der Waals surface area (Å²) in [4.78, 5) is 23.2. The van der Waals surface area contributed by atoms with Gasteiger partial charge in [-0.2, -0.15) is 18.3 Å². The molecule has 1 aliphatic rings. The summed E-state index contributed by atoms with van der Waals surface area (Å²) in [7, 11) is 0. The summed E-state index contributed by atoms with van der Waals surface area (Å²) >= 11 is 0. The summed E-state index contributed by atoms with van der Waals surface area (Å²) in [5.74, 6) is -2.53. The molecule has 1 aliphatic heterocycles. The number of aromatic nitrogens is 2. The van der Waals surface area contributed by atoms with Crippen LogP contribution in [0.3, 0.4) is 0 Å².